The molecule has 0 amide bonds. The molecule has 0 radical (unpaired) electrons. The molecule has 5 heteroatoms. The maximum atomic E-state index is 12.0. The summed E-state index contributed by atoms with van der Waals surface area (Å²) in [5.41, 5.74) is 0. The van der Waals surface area contributed by atoms with E-state index in [2.05, 4.69) is 5.32 Å². The summed E-state index contributed by atoms with van der Waals surface area (Å²) in [5, 5.41) is 2.99. The quantitative estimate of drug-likeness (QED) is 0.760. The van der Waals surface area contributed by atoms with Gasteiger partial charge in [-0.25, -0.2) is 8.42 Å². The summed E-state index contributed by atoms with van der Waals surface area (Å²) in [5.74, 6) is 0.486. The Bertz CT molecular complexity index is 429. The second-order valence-corrected chi connectivity index (χ2v) is 5.40. The van der Waals surface area contributed by atoms with Gasteiger partial charge < -0.3 is 10.1 Å². The van der Waals surface area contributed by atoms with Crippen molar-refractivity contribution in [1.29, 1.82) is 0 Å². The summed E-state index contributed by atoms with van der Waals surface area (Å²) in [6.07, 6.45) is 0. The Balaban J connectivity index is 2.89. The molecule has 1 aromatic carbocycles. The van der Waals surface area contributed by atoms with Crippen LogP contribution in [0.5, 0.6) is 5.75 Å². The van der Waals surface area contributed by atoms with Crippen LogP contribution in [0.1, 0.15) is 6.92 Å². The fourth-order valence-electron chi connectivity index (χ4n) is 1.37. The van der Waals surface area contributed by atoms with E-state index in [4.69, 9.17) is 4.74 Å². The normalized spacial score (nSPS) is 11.4. The molecule has 0 spiro atoms. The van der Waals surface area contributed by atoms with Gasteiger partial charge in [0.25, 0.3) is 0 Å². The van der Waals surface area contributed by atoms with E-state index in [1.54, 1.807) is 24.3 Å². The lowest BCUT2D eigenvalue weighted by Gasteiger charge is -2.09. The summed E-state index contributed by atoms with van der Waals surface area (Å²) in [7, 11) is -1.79. The number of para-hydroxylation sites is 1. The maximum absolute atomic E-state index is 12.0. The molecule has 0 aliphatic carbocycles. The number of nitrogens with one attached hydrogen (secondary N) is 1. The highest BCUT2D eigenvalue weighted by Gasteiger charge is 2.18. The summed E-state index contributed by atoms with van der Waals surface area (Å²) in [6, 6.07) is 6.67. The highest BCUT2D eigenvalue weighted by atomic mass is 32.2. The monoisotopic (exact) mass is 243 g/mol. The molecule has 4 nitrogen and oxygen atoms in total. The third-order valence-corrected chi connectivity index (χ3v) is 3.95. The number of ether oxygens (including phenoxy) is 1. The molecular formula is C11H17NO3S. The van der Waals surface area contributed by atoms with E-state index < -0.39 is 9.84 Å². The molecule has 0 heterocycles. The average molecular weight is 243 g/mol. The van der Waals surface area contributed by atoms with Gasteiger partial charge in [0.05, 0.1) is 12.9 Å². The van der Waals surface area contributed by atoms with Crippen LogP contribution < -0.4 is 10.1 Å². The van der Waals surface area contributed by atoms with Crippen molar-refractivity contribution in [3.63, 3.8) is 0 Å². The molecule has 0 unspecified atom stereocenters. The Labute approximate surface area is 96.5 Å². The topological polar surface area (TPSA) is 55.4 Å². The Morgan fingerprint density at radius 1 is 1.31 bits per heavy atom. The molecule has 1 aromatic rings. The van der Waals surface area contributed by atoms with Gasteiger partial charge in [-0.3, -0.25) is 0 Å². The number of benzene rings is 1. The van der Waals surface area contributed by atoms with Crippen LogP contribution in [0.4, 0.5) is 0 Å². The van der Waals surface area contributed by atoms with Gasteiger partial charge in [-0.05, 0) is 18.7 Å². The van der Waals surface area contributed by atoms with Crippen molar-refractivity contribution < 1.29 is 13.2 Å². The third kappa shape index (κ3) is 3.21. The van der Waals surface area contributed by atoms with E-state index >= 15 is 0 Å². The average Bonchev–Trinajstić information content (AvgIpc) is 2.29. The lowest BCUT2D eigenvalue weighted by atomic mass is 10.3. The van der Waals surface area contributed by atoms with Crippen molar-refractivity contribution in [3.05, 3.63) is 24.3 Å². The van der Waals surface area contributed by atoms with Crippen molar-refractivity contribution in [1.82, 2.24) is 5.32 Å². The van der Waals surface area contributed by atoms with Crippen LogP contribution >= 0.6 is 0 Å². The van der Waals surface area contributed by atoms with Crippen LogP contribution in [-0.2, 0) is 9.84 Å². The standard InChI is InChI=1S/C11H17NO3S/c1-3-12-8-9-16(13,14)11-7-5-4-6-10(11)15-2/h4-7,12H,3,8-9H2,1-2H3. The molecule has 0 saturated carbocycles. The molecule has 0 saturated heterocycles. The van der Waals surface area contributed by atoms with Gasteiger partial charge >= 0.3 is 0 Å². The van der Waals surface area contributed by atoms with Gasteiger partial charge in [-0.2, -0.15) is 0 Å². The molecule has 0 aliphatic rings. The highest BCUT2D eigenvalue weighted by molar-refractivity contribution is 7.91. The van der Waals surface area contributed by atoms with Gasteiger partial charge in [0.1, 0.15) is 10.6 Å². The second kappa shape index (κ2) is 5.86. The van der Waals surface area contributed by atoms with E-state index in [-0.39, 0.29) is 10.6 Å². The first kappa shape index (κ1) is 13.0. The van der Waals surface area contributed by atoms with Crippen LogP contribution in [0.3, 0.4) is 0 Å². The van der Waals surface area contributed by atoms with Crippen molar-refractivity contribution in [2.75, 3.05) is 26.0 Å². The van der Waals surface area contributed by atoms with E-state index in [1.165, 1.54) is 7.11 Å². The van der Waals surface area contributed by atoms with Crippen LogP contribution in [0.2, 0.25) is 0 Å². The summed E-state index contributed by atoms with van der Waals surface area (Å²) in [6.45, 7) is 3.16. The van der Waals surface area contributed by atoms with Gasteiger partial charge in [0, 0.05) is 6.54 Å². The summed E-state index contributed by atoms with van der Waals surface area (Å²) >= 11 is 0. The van der Waals surface area contributed by atoms with Gasteiger partial charge in [0.15, 0.2) is 9.84 Å². The molecular weight excluding hydrogens is 226 g/mol. The number of rotatable bonds is 6. The second-order valence-electron chi connectivity index (χ2n) is 3.32. The minimum absolute atomic E-state index is 0.0845. The van der Waals surface area contributed by atoms with E-state index in [0.29, 0.717) is 12.3 Å². The lowest BCUT2D eigenvalue weighted by molar-refractivity contribution is 0.402. The molecule has 16 heavy (non-hydrogen) atoms. The van der Waals surface area contributed by atoms with Crippen molar-refractivity contribution in [3.8, 4) is 5.75 Å². The maximum Gasteiger partial charge on any atom is 0.183 e. The first-order valence-electron chi connectivity index (χ1n) is 5.18. The van der Waals surface area contributed by atoms with Crippen LogP contribution in [0.15, 0.2) is 29.2 Å². The third-order valence-electron chi connectivity index (χ3n) is 2.20. The van der Waals surface area contributed by atoms with E-state index in [9.17, 15) is 8.42 Å². The molecule has 0 bridgehead atoms. The zero-order valence-electron chi connectivity index (χ0n) is 9.56. The molecule has 0 fully saturated rings. The Hall–Kier alpha value is -1.07. The lowest BCUT2D eigenvalue weighted by Crippen LogP contribution is -2.22. The molecule has 0 atom stereocenters. The molecule has 1 rings (SSSR count). The number of methoxy groups -OCH3 is 1. The number of sulfone groups is 1. The number of hydrogen-bond acceptors (Lipinski definition) is 4. The molecule has 0 aliphatic heterocycles. The largest absolute Gasteiger partial charge is 0.495 e. The smallest absolute Gasteiger partial charge is 0.183 e. The fraction of sp³-hybridized carbons (Fsp3) is 0.455. The first-order valence-corrected chi connectivity index (χ1v) is 6.83. The zero-order valence-corrected chi connectivity index (χ0v) is 10.4. The van der Waals surface area contributed by atoms with Gasteiger partial charge in [-0.1, -0.05) is 19.1 Å². The van der Waals surface area contributed by atoms with Crippen LogP contribution in [-0.4, -0.2) is 34.4 Å². The first-order chi connectivity index (χ1) is 7.61. The van der Waals surface area contributed by atoms with Crippen LogP contribution in [0.25, 0.3) is 0 Å². The Morgan fingerprint density at radius 2 is 2.00 bits per heavy atom. The SMILES string of the molecule is CCNCCS(=O)(=O)c1ccccc1OC. The van der Waals surface area contributed by atoms with Crippen molar-refractivity contribution in [2.24, 2.45) is 0 Å². The van der Waals surface area contributed by atoms with E-state index in [0.717, 1.165) is 6.54 Å². The zero-order chi connectivity index (χ0) is 12.0. The predicted octanol–water partition coefficient (Wildman–Crippen LogP) is 1.08. The molecule has 1 N–H and O–H groups in total. The fourth-order valence-corrected chi connectivity index (χ4v) is 2.75. The minimum Gasteiger partial charge on any atom is -0.495 e. The van der Waals surface area contributed by atoms with Crippen LogP contribution in [0, 0.1) is 0 Å². The summed E-state index contributed by atoms with van der Waals surface area (Å²) < 4.78 is 29.0. The van der Waals surface area contributed by atoms with Crippen molar-refractivity contribution >= 4 is 9.84 Å². The van der Waals surface area contributed by atoms with Gasteiger partial charge in [0.2, 0.25) is 0 Å². The predicted molar refractivity (Wildman–Crippen MR) is 63.6 cm³/mol. The number of hydrogen-bond donors (Lipinski definition) is 1. The Kier molecular flexibility index (Phi) is 4.76. The highest BCUT2D eigenvalue weighted by Crippen LogP contribution is 2.23. The Morgan fingerprint density at radius 3 is 2.62 bits per heavy atom. The van der Waals surface area contributed by atoms with Crippen molar-refractivity contribution in [2.45, 2.75) is 11.8 Å². The molecule has 90 valence electrons. The molecule has 0 aromatic heterocycles. The van der Waals surface area contributed by atoms with E-state index in [1.807, 2.05) is 6.92 Å². The summed E-state index contributed by atoms with van der Waals surface area (Å²) in [4.78, 5) is 0.260. The minimum atomic E-state index is -3.26. The van der Waals surface area contributed by atoms with Gasteiger partial charge in [-0.15, -0.1) is 0 Å².